The SMILES string of the molecule is COC(=O)CC12CC(CO)(CC3(CC(=O)OC)c4ccccc4-c4ccccc43)c3cccc(c31)C1=C[C@H](C)C=C12. The monoisotopic (exact) mass is 546 g/mol. The molecule has 41 heavy (non-hydrogen) atoms. The highest BCUT2D eigenvalue weighted by molar-refractivity contribution is 5.96. The molecule has 0 fully saturated rings. The van der Waals surface area contributed by atoms with E-state index in [1.807, 2.05) is 24.3 Å². The van der Waals surface area contributed by atoms with Crippen molar-refractivity contribution >= 4 is 17.5 Å². The van der Waals surface area contributed by atoms with Gasteiger partial charge in [-0.05, 0) is 68.8 Å². The highest BCUT2D eigenvalue weighted by atomic mass is 16.5. The summed E-state index contributed by atoms with van der Waals surface area (Å²) >= 11 is 0. The molecule has 5 nitrogen and oxygen atoms in total. The first-order valence-corrected chi connectivity index (χ1v) is 14.4. The number of carbonyl (C=O) groups is 2. The molecular weight excluding hydrogens is 512 g/mol. The normalized spacial score (nSPS) is 25.5. The van der Waals surface area contributed by atoms with Crippen LogP contribution in [0.15, 0.2) is 84.5 Å². The van der Waals surface area contributed by atoms with Crippen molar-refractivity contribution in [3.05, 3.63) is 112 Å². The molecule has 0 amide bonds. The van der Waals surface area contributed by atoms with Crippen molar-refractivity contribution in [1.29, 1.82) is 0 Å². The molecule has 0 radical (unpaired) electrons. The number of esters is 2. The summed E-state index contributed by atoms with van der Waals surface area (Å²) in [7, 11) is 2.87. The molecule has 4 aliphatic carbocycles. The molecule has 3 aromatic carbocycles. The summed E-state index contributed by atoms with van der Waals surface area (Å²) in [6, 6.07) is 22.9. The molecule has 0 aromatic heterocycles. The van der Waals surface area contributed by atoms with E-state index in [0.717, 1.165) is 38.9 Å². The lowest BCUT2D eigenvalue weighted by atomic mass is 9.61. The van der Waals surface area contributed by atoms with Gasteiger partial charge in [0.25, 0.3) is 0 Å². The van der Waals surface area contributed by atoms with Crippen molar-refractivity contribution in [3.63, 3.8) is 0 Å². The summed E-state index contributed by atoms with van der Waals surface area (Å²) < 4.78 is 10.6. The fraction of sp³-hybridized carbons (Fsp3) is 0.333. The first kappa shape index (κ1) is 26.0. The Morgan fingerprint density at radius 2 is 1.39 bits per heavy atom. The predicted molar refractivity (Wildman–Crippen MR) is 157 cm³/mol. The minimum Gasteiger partial charge on any atom is -0.469 e. The molecule has 1 N–H and O–H groups in total. The molecule has 3 aromatic rings. The lowest BCUT2D eigenvalue weighted by Crippen LogP contribution is -2.42. The van der Waals surface area contributed by atoms with E-state index in [2.05, 4.69) is 61.5 Å². The van der Waals surface area contributed by atoms with Gasteiger partial charge in [-0.25, -0.2) is 0 Å². The number of aliphatic hydroxyl groups is 1. The number of hydrogen-bond acceptors (Lipinski definition) is 5. The van der Waals surface area contributed by atoms with Crippen LogP contribution in [0.4, 0.5) is 0 Å². The summed E-state index contributed by atoms with van der Waals surface area (Å²) in [5.74, 6) is -0.293. The average Bonchev–Trinajstić information content (AvgIpc) is 3.67. The predicted octanol–water partition coefficient (Wildman–Crippen LogP) is 6.01. The average molecular weight is 547 g/mol. The van der Waals surface area contributed by atoms with E-state index >= 15 is 0 Å². The van der Waals surface area contributed by atoms with Gasteiger partial charge in [0, 0.05) is 16.2 Å². The zero-order valence-electron chi connectivity index (χ0n) is 23.7. The number of hydrogen-bond donors (Lipinski definition) is 1. The molecule has 0 spiro atoms. The van der Waals surface area contributed by atoms with Gasteiger partial charge in [0.15, 0.2) is 0 Å². The number of methoxy groups -OCH3 is 2. The van der Waals surface area contributed by atoms with Gasteiger partial charge < -0.3 is 14.6 Å². The molecule has 0 saturated carbocycles. The molecule has 0 saturated heterocycles. The van der Waals surface area contributed by atoms with Crippen LogP contribution >= 0.6 is 0 Å². The summed E-state index contributed by atoms with van der Waals surface area (Å²) in [4.78, 5) is 26.3. The number of aliphatic hydroxyl groups excluding tert-OH is 1. The number of benzene rings is 3. The minimum atomic E-state index is -0.715. The van der Waals surface area contributed by atoms with Crippen LogP contribution in [0.2, 0.25) is 0 Å². The van der Waals surface area contributed by atoms with Crippen LogP contribution in [-0.4, -0.2) is 37.9 Å². The number of fused-ring (bicyclic) bond motifs is 6. The standard InChI is InChI=1S/C36H34O5/c1-22-15-26-25-11-8-14-29-33(25)36(30(26)16-22,18-32(39)41-3)20-34(29,21-37)19-35(17-31(38)40-2)27-12-6-4-9-23(27)24-10-5-7-13-28(24)35/h4-16,22,37H,17-21H2,1-3H3/t22-,34?,36?/m0/s1. The highest BCUT2D eigenvalue weighted by Crippen LogP contribution is 2.68. The quantitative estimate of drug-likeness (QED) is 0.367. The molecule has 4 aliphatic rings. The smallest absolute Gasteiger partial charge is 0.306 e. The van der Waals surface area contributed by atoms with Crippen LogP contribution in [0.25, 0.3) is 16.7 Å². The summed E-state index contributed by atoms with van der Waals surface area (Å²) in [5.41, 5.74) is 8.07. The van der Waals surface area contributed by atoms with Gasteiger partial charge in [-0.15, -0.1) is 0 Å². The Bertz CT molecular complexity index is 1630. The van der Waals surface area contributed by atoms with Crippen molar-refractivity contribution in [2.75, 3.05) is 20.8 Å². The number of allylic oxidation sites excluding steroid dienone is 4. The molecule has 7 rings (SSSR count). The van der Waals surface area contributed by atoms with Crippen molar-refractivity contribution in [2.24, 2.45) is 5.92 Å². The number of rotatable bonds is 7. The number of ether oxygens (including phenoxy) is 2. The van der Waals surface area contributed by atoms with Gasteiger partial charge in [-0.1, -0.05) is 85.8 Å². The van der Waals surface area contributed by atoms with E-state index in [4.69, 9.17) is 9.47 Å². The Morgan fingerprint density at radius 3 is 2.02 bits per heavy atom. The Hall–Kier alpha value is -3.96. The maximum atomic E-state index is 13.2. The summed E-state index contributed by atoms with van der Waals surface area (Å²) in [6.45, 7) is 2.06. The van der Waals surface area contributed by atoms with Crippen LogP contribution in [0.5, 0.6) is 0 Å². The largest absolute Gasteiger partial charge is 0.469 e. The van der Waals surface area contributed by atoms with E-state index in [1.165, 1.54) is 25.4 Å². The molecule has 3 atom stereocenters. The fourth-order valence-corrected chi connectivity index (χ4v) is 8.81. The van der Waals surface area contributed by atoms with E-state index in [-0.39, 0.29) is 37.3 Å². The van der Waals surface area contributed by atoms with Gasteiger partial charge in [0.1, 0.15) is 0 Å². The first-order valence-electron chi connectivity index (χ1n) is 14.4. The van der Waals surface area contributed by atoms with E-state index in [9.17, 15) is 14.7 Å². The van der Waals surface area contributed by atoms with Crippen LogP contribution < -0.4 is 0 Å². The third-order valence-electron chi connectivity index (χ3n) is 10.2. The van der Waals surface area contributed by atoms with Crippen molar-refractivity contribution < 1.29 is 24.2 Å². The van der Waals surface area contributed by atoms with Crippen molar-refractivity contribution in [1.82, 2.24) is 0 Å². The maximum Gasteiger partial charge on any atom is 0.306 e. The topological polar surface area (TPSA) is 72.8 Å². The number of carbonyl (C=O) groups excluding carboxylic acids is 2. The summed E-state index contributed by atoms with van der Waals surface area (Å²) in [5, 5.41) is 11.5. The minimum absolute atomic E-state index is 0.110. The van der Waals surface area contributed by atoms with Gasteiger partial charge in [0.2, 0.25) is 0 Å². The third-order valence-corrected chi connectivity index (χ3v) is 10.2. The summed E-state index contributed by atoms with van der Waals surface area (Å²) in [6.07, 6.45) is 5.98. The molecule has 208 valence electrons. The van der Waals surface area contributed by atoms with Crippen LogP contribution in [0.1, 0.15) is 60.4 Å². The second-order valence-corrected chi connectivity index (χ2v) is 12.3. The third kappa shape index (κ3) is 3.39. The van der Waals surface area contributed by atoms with Gasteiger partial charge in [-0.2, -0.15) is 0 Å². The fourth-order valence-electron chi connectivity index (χ4n) is 8.81. The molecule has 0 aliphatic heterocycles. The molecular formula is C36H34O5. The highest BCUT2D eigenvalue weighted by Gasteiger charge is 2.62. The van der Waals surface area contributed by atoms with Crippen LogP contribution in [0, 0.1) is 5.92 Å². The Labute approximate surface area is 240 Å². The molecule has 2 unspecified atom stereocenters. The second kappa shape index (κ2) is 9.02. The van der Waals surface area contributed by atoms with Gasteiger partial charge >= 0.3 is 11.9 Å². The van der Waals surface area contributed by atoms with Crippen LogP contribution in [-0.2, 0) is 35.3 Å². The van der Waals surface area contributed by atoms with Crippen LogP contribution in [0.3, 0.4) is 0 Å². The van der Waals surface area contributed by atoms with E-state index < -0.39 is 16.2 Å². The van der Waals surface area contributed by atoms with E-state index in [0.29, 0.717) is 12.8 Å². The zero-order chi connectivity index (χ0) is 28.6. The van der Waals surface area contributed by atoms with E-state index in [1.54, 1.807) is 0 Å². The Kier molecular flexibility index (Phi) is 5.71. The van der Waals surface area contributed by atoms with Crippen molar-refractivity contribution in [2.45, 2.75) is 48.9 Å². The Balaban J connectivity index is 1.48. The Morgan fingerprint density at radius 1 is 0.805 bits per heavy atom. The zero-order valence-corrected chi connectivity index (χ0v) is 23.7. The van der Waals surface area contributed by atoms with Crippen molar-refractivity contribution in [3.8, 4) is 11.1 Å². The lowest BCUT2D eigenvalue weighted by molar-refractivity contribution is -0.142. The molecule has 5 heteroatoms. The van der Waals surface area contributed by atoms with Gasteiger partial charge in [0.05, 0.1) is 33.7 Å². The maximum absolute atomic E-state index is 13.2. The second-order valence-electron chi connectivity index (χ2n) is 12.3. The van der Waals surface area contributed by atoms with Gasteiger partial charge in [-0.3, -0.25) is 9.59 Å². The molecule has 0 heterocycles. The lowest BCUT2D eigenvalue weighted by Gasteiger charge is -2.42. The molecule has 0 bridgehead atoms. The first-order chi connectivity index (χ1) is 19.8.